The number of hydrogen-bond donors (Lipinski definition) is 1. The number of rotatable bonds is 4. The molecule has 0 spiro atoms. The summed E-state index contributed by atoms with van der Waals surface area (Å²) in [6.07, 6.45) is 1.94. The van der Waals surface area contributed by atoms with Crippen molar-refractivity contribution in [3.63, 3.8) is 0 Å². The zero-order chi connectivity index (χ0) is 18.0. The largest absolute Gasteiger partial charge is 0.338 e. The van der Waals surface area contributed by atoms with Crippen LogP contribution in [-0.4, -0.2) is 48.5 Å². The van der Waals surface area contributed by atoms with E-state index in [1.165, 1.54) is 0 Å². The van der Waals surface area contributed by atoms with Gasteiger partial charge in [-0.15, -0.1) is 0 Å². The van der Waals surface area contributed by atoms with E-state index < -0.39 is 10.8 Å². The molecule has 2 atom stereocenters. The van der Waals surface area contributed by atoms with Crippen LogP contribution in [0.4, 0.5) is 0 Å². The number of aryl methyl sites for hydroxylation is 1. The molecule has 0 unspecified atom stereocenters. The van der Waals surface area contributed by atoms with Crippen LogP contribution in [0.2, 0.25) is 0 Å². The van der Waals surface area contributed by atoms with E-state index >= 15 is 0 Å². The summed E-state index contributed by atoms with van der Waals surface area (Å²) in [7, 11) is -1.03. The molecule has 134 valence electrons. The number of aromatic amines is 1. The van der Waals surface area contributed by atoms with Crippen LogP contribution < -0.4 is 0 Å². The Morgan fingerprint density at radius 1 is 1.32 bits per heavy atom. The Kier molecular flexibility index (Phi) is 5.32. The highest BCUT2D eigenvalue weighted by Crippen LogP contribution is 2.25. The maximum atomic E-state index is 12.8. The van der Waals surface area contributed by atoms with E-state index in [1.54, 1.807) is 24.3 Å². The summed E-state index contributed by atoms with van der Waals surface area (Å²) in [5.74, 6) is 1.78. The number of carbonyl (C=O) groups is 1. The lowest BCUT2D eigenvalue weighted by molar-refractivity contribution is 0.0704. The van der Waals surface area contributed by atoms with Gasteiger partial charge in [-0.25, -0.2) is 4.98 Å². The SMILES string of the molecule is Cc1nc([C@@H]2CCCN(C(=O)c3ccc([S@](=O)C(C)C)cc3)C2)n[nH]1. The molecule has 1 aromatic carbocycles. The zero-order valence-electron chi connectivity index (χ0n) is 14.9. The second-order valence-corrected chi connectivity index (χ2v) is 8.75. The Labute approximate surface area is 150 Å². The van der Waals surface area contributed by atoms with Crippen LogP contribution in [0.3, 0.4) is 0 Å². The maximum Gasteiger partial charge on any atom is 0.253 e. The first-order chi connectivity index (χ1) is 12.0. The Hall–Kier alpha value is -2.02. The molecule has 1 aliphatic heterocycles. The molecule has 0 bridgehead atoms. The summed E-state index contributed by atoms with van der Waals surface area (Å²) >= 11 is 0. The summed E-state index contributed by atoms with van der Waals surface area (Å²) in [5, 5.41) is 7.18. The molecular weight excluding hydrogens is 336 g/mol. The number of nitrogens with zero attached hydrogens (tertiary/aromatic N) is 3. The van der Waals surface area contributed by atoms with Gasteiger partial charge in [0, 0.05) is 34.7 Å². The van der Waals surface area contributed by atoms with Gasteiger partial charge in [-0.3, -0.25) is 14.1 Å². The van der Waals surface area contributed by atoms with Crippen molar-refractivity contribution in [2.45, 2.75) is 49.7 Å². The van der Waals surface area contributed by atoms with Crippen LogP contribution in [0.1, 0.15) is 54.6 Å². The monoisotopic (exact) mass is 360 g/mol. The third kappa shape index (κ3) is 3.98. The number of nitrogens with one attached hydrogen (secondary N) is 1. The van der Waals surface area contributed by atoms with Crippen molar-refractivity contribution in [3.05, 3.63) is 41.5 Å². The lowest BCUT2D eigenvalue weighted by Gasteiger charge is -2.31. The predicted molar refractivity (Wildman–Crippen MR) is 97.0 cm³/mol. The third-order valence-corrected chi connectivity index (χ3v) is 6.04. The molecule has 1 N–H and O–H groups in total. The number of likely N-dealkylation sites (tertiary alicyclic amines) is 1. The van der Waals surface area contributed by atoms with Crippen molar-refractivity contribution < 1.29 is 9.00 Å². The molecule has 1 aliphatic rings. The average Bonchev–Trinajstić information content (AvgIpc) is 3.07. The van der Waals surface area contributed by atoms with Gasteiger partial charge in [-0.1, -0.05) is 13.8 Å². The molecule has 0 saturated carbocycles. The van der Waals surface area contributed by atoms with Crippen LogP contribution in [-0.2, 0) is 10.8 Å². The van der Waals surface area contributed by atoms with E-state index in [-0.39, 0.29) is 17.1 Å². The van der Waals surface area contributed by atoms with Crippen LogP contribution in [0.15, 0.2) is 29.2 Å². The number of H-pyrrole nitrogens is 1. The smallest absolute Gasteiger partial charge is 0.253 e. The van der Waals surface area contributed by atoms with Gasteiger partial charge in [0.15, 0.2) is 5.82 Å². The molecule has 1 aromatic heterocycles. The topological polar surface area (TPSA) is 79.0 Å². The molecule has 6 nitrogen and oxygen atoms in total. The average molecular weight is 360 g/mol. The fourth-order valence-electron chi connectivity index (χ4n) is 3.10. The van der Waals surface area contributed by atoms with Gasteiger partial charge in [0.2, 0.25) is 0 Å². The summed E-state index contributed by atoms with van der Waals surface area (Å²) in [6, 6.07) is 7.14. The van der Waals surface area contributed by atoms with Crippen molar-refractivity contribution in [1.29, 1.82) is 0 Å². The van der Waals surface area contributed by atoms with Gasteiger partial charge < -0.3 is 4.90 Å². The zero-order valence-corrected chi connectivity index (χ0v) is 15.7. The molecule has 3 rings (SSSR count). The van der Waals surface area contributed by atoms with E-state index in [0.29, 0.717) is 12.1 Å². The Bertz CT molecular complexity index is 770. The minimum absolute atomic E-state index is 0.0128. The molecule has 0 aliphatic carbocycles. The van der Waals surface area contributed by atoms with Crippen molar-refractivity contribution in [2.24, 2.45) is 0 Å². The minimum Gasteiger partial charge on any atom is -0.338 e. The van der Waals surface area contributed by atoms with E-state index in [2.05, 4.69) is 15.2 Å². The van der Waals surface area contributed by atoms with Crippen molar-refractivity contribution >= 4 is 16.7 Å². The van der Waals surface area contributed by atoms with Gasteiger partial charge >= 0.3 is 0 Å². The van der Waals surface area contributed by atoms with Crippen LogP contribution >= 0.6 is 0 Å². The third-order valence-electron chi connectivity index (χ3n) is 4.45. The Morgan fingerprint density at radius 2 is 2.04 bits per heavy atom. The van der Waals surface area contributed by atoms with Crippen LogP contribution in [0.5, 0.6) is 0 Å². The second kappa shape index (κ2) is 7.47. The summed E-state index contributed by atoms with van der Waals surface area (Å²) in [6.45, 7) is 7.11. The van der Waals surface area contributed by atoms with Gasteiger partial charge in [-0.05, 0) is 44.0 Å². The summed E-state index contributed by atoms with van der Waals surface area (Å²) < 4.78 is 12.1. The molecule has 25 heavy (non-hydrogen) atoms. The van der Waals surface area contributed by atoms with Gasteiger partial charge in [0.05, 0.1) is 10.8 Å². The lowest BCUT2D eigenvalue weighted by atomic mass is 9.96. The van der Waals surface area contributed by atoms with Gasteiger partial charge in [-0.2, -0.15) is 5.10 Å². The van der Waals surface area contributed by atoms with Crippen molar-refractivity contribution in [3.8, 4) is 0 Å². The molecule has 1 saturated heterocycles. The Morgan fingerprint density at radius 3 is 2.64 bits per heavy atom. The first kappa shape index (κ1) is 17.8. The van der Waals surface area contributed by atoms with E-state index in [9.17, 15) is 9.00 Å². The van der Waals surface area contributed by atoms with E-state index in [1.807, 2.05) is 25.7 Å². The summed E-state index contributed by atoms with van der Waals surface area (Å²) in [5.41, 5.74) is 0.635. The number of carbonyl (C=O) groups excluding carboxylic acids is 1. The highest BCUT2D eigenvalue weighted by atomic mass is 32.2. The van der Waals surface area contributed by atoms with Crippen LogP contribution in [0.25, 0.3) is 0 Å². The molecular formula is C18H24N4O2S. The quantitative estimate of drug-likeness (QED) is 0.909. The molecule has 7 heteroatoms. The molecule has 2 heterocycles. The maximum absolute atomic E-state index is 12.8. The van der Waals surface area contributed by atoms with Crippen molar-refractivity contribution in [1.82, 2.24) is 20.1 Å². The second-order valence-electron chi connectivity index (χ2n) is 6.74. The minimum atomic E-state index is -1.03. The lowest BCUT2D eigenvalue weighted by Crippen LogP contribution is -2.39. The molecule has 2 aromatic rings. The van der Waals surface area contributed by atoms with E-state index in [4.69, 9.17) is 0 Å². The fraction of sp³-hybridized carbons (Fsp3) is 0.500. The van der Waals surface area contributed by atoms with Gasteiger partial charge in [0.1, 0.15) is 5.82 Å². The first-order valence-electron chi connectivity index (χ1n) is 8.64. The summed E-state index contributed by atoms with van der Waals surface area (Å²) in [4.78, 5) is 19.8. The fourth-order valence-corrected chi connectivity index (χ4v) is 4.05. The Balaban J connectivity index is 1.71. The number of hydrogen-bond acceptors (Lipinski definition) is 4. The normalized spacial score (nSPS) is 19.2. The molecule has 1 fully saturated rings. The number of amides is 1. The molecule has 0 radical (unpaired) electrons. The van der Waals surface area contributed by atoms with Crippen LogP contribution in [0, 0.1) is 6.92 Å². The molecule has 1 amide bonds. The highest BCUT2D eigenvalue weighted by molar-refractivity contribution is 7.85. The van der Waals surface area contributed by atoms with Gasteiger partial charge in [0.25, 0.3) is 5.91 Å². The van der Waals surface area contributed by atoms with E-state index in [0.717, 1.165) is 35.9 Å². The predicted octanol–water partition coefficient (Wildman–Crippen LogP) is 2.65. The number of aromatic nitrogens is 3. The highest BCUT2D eigenvalue weighted by Gasteiger charge is 2.27. The number of benzene rings is 1. The standard InChI is InChI=1S/C18H24N4O2S/c1-12(2)25(24)16-8-6-14(7-9-16)18(23)22-10-4-5-15(11-22)17-19-13(3)20-21-17/h6-9,12,15H,4-5,10-11H2,1-3H3,(H,19,20,21)/t15-,25-/m1/s1. The van der Waals surface area contributed by atoms with Crippen molar-refractivity contribution in [2.75, 3.05) is 13.1 Å². The first-order valence-corrected chi connectivity index (χ1v) is 9.86. The number of piperidine rings is 1.